The van der Waals surface area contributed by atoms with Gasteiger partial charge in [0.25, 0.3) is 0 Å². The summed E-state index contributed by atoms with van der Waals surface area (Å²) in [5, 5.41) is 18.6. The van der Waals surface area contributed by atoms with Crippen molar-refractivity contribution < 1.29 is 14.9 Å². The molecule has 0 saturated carbocycles. The molecule has 0 radical (unpaired) electrons. The number of rotatable bonds is 14. The fraction of sp³-hybridized carbons (Fsp3) is 0.481. The second kappa shape index (κ2) is 13.8. The number of unbranched alkanes of at least 4 members (excludes halogenated alkanes) is 3. The van der Waals surface area contributed by atoms with Crippen LogP contribution in [0.15, 0.2) is 36.4 Å². The van der Waals surface area contributed by atoms with E-state index in [1.807, 2.05) is 17.0 Å². The van der Waals surface area contributed by atoms with Crippen molar-refractivity contribution in [2.75, 3.05) is 49.3 Å². The number of aryl methyl sites for hydroxylation is 1. The van der Waals surface area contributed by atoms with Crippen molar-refractivity contribution in [2.45, 2.75) is 52.9 Å². The Morgan fingerprint density at radius 3 is 2.36 bits per heavy atom. The number of allylic oxidation sites excluding steroid dienone is 2. The molecule has 0 amide bonds. The smallest absolute Gasteiger partial charge is 0.142 e. The quantitative estimate of drug-likeness (QED) is 0.246. The van der Waals surface area contributed by atoms with Crippen LogP contribution in [0, 0.1) is 6.92 Å². The first-order chi connectivity index (χ1) is 15.9. The van der Waals surface area contributed by atoms with Gasteiger partial charge in [-0.2, -0.15) is 0 Å². The average Bonchev–Trinajstić information content (AvgIpc) is 2.79. The second-order valence-electron chi connectivity index (χ2n) is 8.52. The van der Waals surface area contributed by atoms with Crippen LogP contribution in [0.5, 0.6) is 5.75 Å². The molecule has 0 saturated heterocycles. The molecule has 0 fully saturated rings. The number of hydrogen-bond acceptors (Lipinski definition) is 6. The molecule has 0 atom stereocenters. The van der Waals surface area contributed by atoms with E-state index in [0.717, 1.165) is 36.1 Å². The summed E-state index contributed by atoms with van der Waals surface area (Å²) < 4.78 is 5.94. The normalized spacial score (nSPS) is 11.6. The van der Waals surface area contributed by atoms with Gasteiger partial charge in [-0.15, -0.1) is 0 Å². The lowest BCUT2D eigenvalue weighted by Crippen LogP contribution is -2.29. The number of aliphatic hydroxyl groups excluding tert-OH is 2. The minimum absolute atomic E-state index is 0.0518. The monoisotopic (exact) mass is 455 g/mol. The van der Waals surface area contributed by atoms with E-state index in [4.69, 9.17) is 16.2 Å². The zero-order valence-corrected chi connectivity index (χ0v) is 20.4. The van der Waals surface area contributed by atoms with Crippen LogP contribution in [-0.2, 0) is 6.42 Å². The van der Waals surface area contributed by atoms with Gasteiger partial charge in [0, 0.05) is 30.0 Å². The van der Waals surface area contributed by atoms with Gasteiger partial charge < -0.3 is 31.3 Å². The number of nitrogens with zero attached hydrogens (tertiary/aromatic N) is 1. The van der Waals surface area contributed by atoms with E-state index in [1.54, 1.807) is 6.07 Å². The number of benzene rings is 2. The standard InChI is InChI=1S/C27H41N3O3/c1-4-5-6-7-16-33-27-18-24(25(28)19-26(27)29)20(2)8-9-22-10-11-23(17-21(22)3)30(12-14-31)13-15-32/h8,10-11,17-19,31-32H,4-7,9,12-16,28-29H2,1-3H3. The predicted octanol–water partition coefficient (Wildman–Crippen LogP) is 4.56. The average molecular weight is 456 g/mol. The van der Waals surface area contributed by atoms with Gasteiger partial charge in [-0.1, -0.05) is 38.3 Å². The Morgan fingerprint density at radius 1 is 1.00 bits per heavy atom. The molecule has 0 heterocycles. The van der Waals surface area contributed by atoms with Crippen LogP contribution in [0.4, 0.5) is 17.1 Å². The first-order valence-corrected chi connectivity index (χ1v) is 12.0. The Labute approximate surface area is 198 Å². The summed E-state index contributed by atoms with van der Waals surface area (Å²) in [6.07, 6.45) is 7.54. The fourth-order valence-corrected chi connectivity index (χ4v) is 3.88. The van der Waals surface area contributed by atoms with Crippen molar-refractivity contribution in [3.8, 4) is 5.75 Å². The maximum absolute atomic E-state index is 9.29. The van der Waals surface area contributed by atoms with Crippen molar-refractivity contribution in [3.63, 3.8) is 0 Å². The summed E-state index contributed by atoms with van der Waals surface area (Å²) in [5.41, 5.74) is 19.0. The SMILES string of the molecule is CCCCCCOc1cc(C(C)=CCc2ccc(N(CCO)CCO)cc2C)c(N)cc1N. The van der Waals surface area contributed by atoms with Gasteiger partial charge in [-0.3, -0.25) is 0 Å². The van der Waals surface area contributed by atoms with E-state index < -0.39 is 0 Å². The third-order valence-corrected chi connectivity index (χ3v) is 5.92. The first kappa shape index (κ1) is 26.6. The molecule has 2 aromatic rings. The first-order valence-electron chi connectivity index (χ1n) is 12.0. The molecule has 33 heavy (non-hydrogen) atoms. The Hall–Kier alpha value is -2.70. The highest BCUT2D eigenvalue weighted by atomic mass is 16.5. The van der Waals surface area contributed by atoms with Crippen LogP contribution in [0.1, 0.15) is 56.2 Å². The Morgan fingerprint density at radius 2 is 1.73 bits per heavy atom. The lowest BCUT2D eigenvalue weighted by Gasteiger charge is -2.24. The molecule has 6 N–H and O–H groups in total. The lowest BCUT2D eigenvalue weighted by atomic mass is 9.99. The zero-order valence-electron chi connectivity index (χ0n) is 20.4. The Kier molecular flexibility index (Phi) is 11.1. The van der Waals surface area contributed by atoms with E-state index in [2.05, 4.69) is 39.0 Å². The Bertz CT molecular complexity index is 906. The number of nitrogen functional groups attached to an aromatic ring is 2. The second-order valence-corrected chi connectivity index (χ2v) is 8.52. The summed E-state index contributed by atoms with van der Waals surface area (Å²) in [7, 11) is 0. The maximum Gasteiger partial charge on any atom is 0.142 e. The molecule has 6 nitrogen and oxygen atoms in total. The van der Waals surface area contributed by atoms with Gasteiger partial charge in [0.05, 0.1) is 25.5 Å². The largest absolute Gasteiger partial charge is 0.491 e. The molecule has 0 aliphatic carbocycles. The fourth-order valence-electron chi connectivity index (χ4n) is 3.88. The van der Waals surface area contributed by atoms with Crippen molar-refractivity contribution >= 4 is 22.6 Å². The summed E-state index contributed by atoms with van der Waals surface area (Å²) in [4.78, 5) is 1.98. The predicted molar refractivity (Wildman–Crippen MR) is 140 cm³/mol. The van der Waals surface area contributed by atoms with Crippen LogP contribution >= 0.6 is 0 Å². The highest BCUT2D eigenvalue weighted by Gasteiger charge is 2.10. The third-order valence-electron chi connectivity index (χ3n) is 5.92. The van der Waals surface area contributed by atoms with Gasteiger partial charge in [0.2, 0.25) is 0 Å². The number of anilines is 3. The van der Waals surface area contributed by atoms with Crippen molar-refractivity contribution in [1.29, 1.82) is 0 Å². The van der Waals surface area contributed by atoms with Gasteiger partial charge >= 0.3 is 0 Å². The molecule has 2 rings (SSSR count). The van der Waals surface area contributed by atoms with Crippen molar-refractivity contribution in [2.24, 2.45) is 0 Å². The summed E-state index contributed by atoms with van der Waals surface area (Å²) >= 11 is 0. The van der Waals surface area contributed by atoms with E-state index in [9.17, 15) is 10.2 Å². The van der Waals surface area contributed by atoms with Gasteiger partial charge in [-0.25, -0.2) is 0 Å². The van der Waals surface area contributed by atoms with E-state index in [-0.39, 0.29) is 13.2 Å². The molecule has 0 aromatic heterocycles. The zero-order chi connectivity index (χ0) is 24.2. The Balaban J connectivity index is 2.13. The topological polar surface area (TPSA) is 105 Å². The molecule has 0 aliphatic rings. The summed E-state index contributed by atoms with van der Waals surface area (Å²) in [5.74, 6) is 0.692. The summed E-state index contributed by atoms with van der Waals surface area (Å²) in [6, 6.07) is 9.98. The molecule has 182 valence electrons. The van der Waals surface area contributed by atoms with Gasteiger partial charge in [0.15, 0.2) is 0 Å². The van der Waals surface area contributed by atoms with Crippen LogP contribution in [0.25, 0.3) is 5.57 Å². The number of nitrogens with two attached hydrogens (primary N) is 2. The number of hydrogen-bond donors (Lipinski definition) is 4. The molecular formula is C27H41N3O3. The van der Waals surface area contributed by atoms with Crippen molar-refractivity contribution in [3.05, 3.63) is 53.1 Å². The minimum Gasteiger partial charge on any atom is -0.491 e. The number of aliphatic hydroxyl groups is 2. The lowest BCUT2D eigenvalue weighted by molar-refractivity contribution is 0.281. The van der Waals surface area contributed by atoms with Crippen LogP contribution in [0.2, 0.25) is 0 Å². The van der Waals surface area contributed by atoms with E-state index >= 15 is 0 Å². The van der Waals surface area contributed by atoms with E-state index in [1.165, 1.54) is 24.0 Å². The molecule has 2 aromatic carbocycles. The molecule has 0 aliphatic heterocycles. The van der Waals surface area contributed by atoms with Crippen LogP contribution in [-0.4, -0.2) is 43.1 Å². The third kappa shape index (κ3) is 7.98. The summed E-state index contributed by atoms with van der Waals surface area (Å²) in [6.45, 7) is 8.09. The van der Waals surface area contributed by atoms with Gasteiger partial charge in [-0.05, 0) is 67.7 Å². The highest BCUT2D eigenvalue weighted by molar-refractivity contribution is 5.79. The van der Waals surface area contributed by atoms with Crippen LogP contribution in [0.3, 0.4) is 0 Å². The number of ether oxygens (including phenoxy) is 1. The van der Waals surface area contributed by atoms with E-state index in [0.29, 0.717) is 36.8 Å². The molecule has 0 spiro atoms. The highest BCUT2D eigenvalue weighted by Crippen LogP contribution is 2.32. The van der Waals surface area contributed by atoms with Gasteiger partial charge in [0.1, 0.15) is 5.75 Å². The van der Waals surface area contributed by atoms with Crippen molar-refractivity contribution in [1.82, 2.24) is 0 Å². The molecular weight excluding hydrogens is 414 g/mol. The minimum atomic E-state index is 0.0518. The molecule has 0 bridgehead atoms. The molecule has 6 heteroatoms. The molecule has 0 unspecified atom stereocenters. The van der Waals surface area contributed by atoms with Crippen LogP contribution < -0.4 is 21.1 Å². The maximum atomic E-state index is 9.29.